The van der Waals surface area contributed by atoms with Crippen molar-refractivity contribution in [1.82, 2.24) is 0 Å². The first kappa shape index (κ1) is 14.8. The summed E-state index contributed by atoms with van der Waals surface area (Å²) in [6.45, 7) is 0.592. The number of aliphatic hydroxyl groups is 1. The Kier molecular flexibility index (Phi) is 5.73. The molecule has 1 atom stereocenters. The van der Waals surface area contributed by atoms with E-state index in [4.69, 9.17) is 4.74 Å². The van der Waals surface area contributed by atoms with Gasteiger partial charge in [0.25, 0.3) is 0 Å². The fraction of sp³-hybridized carbons (Fsp3) is 1.00. The first-order valence-corrected chi connectivity index (χ1v) is 6.19. The summed E-state index contributed by atoms with van der Waals surface area (Å²) in [6.07, 6.45) is -1.86. The van der Waals surface area contributed by atoms with Crippen LogP contribution < -0.4 is 0 Å². The molecule has 0 aliphatic heterocycles. The summed E-state index contributed by atoms with van der Waals surface area (Å²) in [7, 11) is 1.60. The summed E-state index contributed by atoms with van der Waals surface area (Å²) in [6, 6.07) is 0. The molecule has 1 saturated carbocycles. The Morgan fingerprint density at radius 3 is 2.29 bits per heavy atom. The van der Waals surface area contributed by atoms with Crippen molar-refractivity contribution in [3.05, 3.63) is 0 Å². The van der Waals surface area contributed by atoms with Crippen LogP contribution in [0.3, 0.4) is 0 Å². The van der Waals surface area contributed by atoms with Gasteiger partial charge in [-0.2, -0.15) is 13.2 Å². The molecule has 1 N–H and O–H groups in total. The number of alkyl halides is 3. The molecule has 1 fully saturated rings. The Morgan fingerprint density at radius 1 is 1.24 bits per heavy atom. The number of hydrogen-bond acceptors (Lipinski definition) is 2. The first-order chi connectivity index (χ1) is 7.95. The predicted molar refractivity (Wildman–Crippen MR) is 58.6 cm³/mol. The molecule has 0 aromatic carbocycles. The molecular weight excluding hydrogens is 233 g/mol. The second-order valence-corrected chi connectivity index (χ2v) is 4.86. The summed E-state index contributed by atoms with van der Waals surface area (Å²) in [5.41, 5.74) is 0. The third-order valence-corrected chi connectivity index (χ3v) is 3.63. The fourth-order valence-corrected chi connectivity index (χ4v) is 2.50. The highest BCUT2D eigenvalue weighted by molar-refractivity contribution is 4.80. The van der Waals surface area contributed by atoms with Gasteiger partial charge in [-0.15, -0.1) is 0 Å². The lowest BCUT2D eigenvalue weighted by atomic mass is 9.78. The molecule has 0 amide bonds. The molecule has 1 aliphatic rings. The van der Waals surface area contributed by atoms with Crippen LogP contribution in [-0.2, 0) is 4.74 Å². The predicted octanol–water partition coefficient (Wildman–Crippen LogP) is 3.14. The Bertz CT molecular complexity index is 210. The Hall–Kier alpha value is -0.290. The molecule has 102 valence electrons. The lowest BCUT2D eigenvalue weighted by Crippen LogP contribution is -2.32. The van der Waals surface area contributed by atoms with E-state index in [1.807, 2.05) is 0 Å². The van der Waals surface area contributed by atoms with Crippen LogP contribution in [0.5, 0.6) is 0 Å². The second kappa shape index (κ2) is 6.59. The maximum atomic E-state index is 12.4. The Labute approximate surface area is 100 Å². The zero-order chi connectivity index (χ0) is 12.9. The minimum atomic E-state index is -4.06. The van der Waals surface area contributed by atoms with E-state index in [0.29, 0.717) is 25.9 Å². The molecule has 17 heavy (non-hydrogen) atoms. The van der Waals surface area contributed by atoms with Crippen LogP contribution in [-0.4, -0.2) is 31.1 Å². The van der Waals surface area contributed by atoms with Gasteiger partial charge < -0.3 is 9.84 Å². The number of ether oxygens (including phenoxy) is 1. The van der Waals surface area contributed by atoms with Crippen molar-refractivity contribution >= 4 is 0 Å². The van der Waals surface area contributed by atoms with Gasteiger partial charge in [0.1, 0.15) is 0 Å². The zero-order valence-corrected chi connectivity index (χ0v) is 10.2. The van der Waals surface area contributed by atoms with Crippen LogP contribution in [0, 0.1) is 11.8 Å². The highest BCUT2D eigenvalue weighted by atomic mass is 19.4. The molecule has 2 nitrogen and oxygen atoms in total. The van der Waals surface area contributed by atoms with Crippen LogP contribution in [0.1, 0.15) is 38.5 Å². The molecule has 0 radical (unpaired) electrons. The van der Waals surface area contributed by atoms with E-state index in [1.165, 1.54) is 0 Å². The first-order valence-electron chi connectivity index (χ1n) is 6.19. The van der Waals surface area contributed by atoms with E-state index in [2.05, 4.69) is 0 Å². The normalized spacial score (nSPS) is 28.1. The van der Waals surface area contributed by atoms with Gasteiger partial charge >= 0.3 is 6.18 Å². The zero-order valence-electron chi connectivity index (χ0n) is 10.2. The van der Waals surface area contributed by atoms with Gasteiger partial charge in [0.05, 0.1) is 12.0 Å². The topological polar surface area (TPSA) is 29.5 Å². The van der Waals surface area contributed by atoms with Crippen LogP contribution in [0.2, 0.25) is 0 Å². The average molecular weight is 254 g/mol. The van der Waals surface area contributed by atoms with Crippen molar-refractivity contribution in [1.29, 1.82) is 0 Å². The highest BCUT2D eigenvalue weighted by Crippen LogP contribution is 2.40. The van der Waals surface area contributed by atoms with Gasteiger partial charge in [-0.1, -0.05) is 0 Å². The van der Waals surface area contributed by atoms with E-state index in [0.717, 1.165) is 6.42 Å². The van der Waals surface area contributed by atoms with Crippen LogP contribution in [0.4, 0.5) is 13.2 Å². The molecule has 0 bridgehead atoms. The van der Waals surface area contributed by atoms with Gasteiger partial charge in [0.2, 0.25) is 0 Å². The monoisotopic (exact) mass is 254 g/mol. The minimum Gasteiger partial charge on any atom is -0.393 e. The van der Waals surface area contributed by atoms with Crippen LogP contribution in [0.15, 0.2) is 0 Å². The summed E-state index contributed by atoms with van der Waals surface area (Å²) in [4.78, 5) is 0. The lowest BCUT2D eigenvalue weighted by molar-refractivity contribution is -0.185. The average Bonchev–Trinajstić information content (AvgIpc) is 2.28. The Morgan fingerprint density at radius 2 is 1.82 bits per heavy atom. The second-order valence-electron chi connectivity index (χ2n) is 4.86. The van der Waals surface area contributed by atoms with Crippen LogP contribution >= 0.6 is 0 Å². The third-order valence-electron chi connectivity index (χ3n) is 3.63. The van der Waals surface area contributed by atoms with E-state index < -0.39 is 18.2 Å². The van der Waals surface area contributed by atoms with Crippen molar-refractivity contribution in [2.75, 3.05) is 13.7 Å². The van der Waals surface area contributed by atoms with Crippen molar-refractivity contribution < 1.29 is 23.0 Å². The van der Waals surface area contributed by atoms with E-state index in [-0.39, 0.29) is 18.8 Å². The van der Waals surface area contributed by atoms with Crippen molar-refractivity contribution in [2.45, 2.75) is 50.8 Å². The summed E-state index contributed by atoms with van der Waals surface area (Å²) >= 11 is 0. The van der Waals surface area contributed by atoms with Crippen molar-refractivity contribution in [2.24, 2.45) is 11.8 Å². The number of hydrogen-bond donors (Lipinski definition) is 1. The SMILES string of the molecule is COCCCC(O)C1CCC(C(F)(F)F)CC1. The molecule has 1 aliphatic carbocycles. The van der Waals surface area contributed by atoms with Gasteiger partial charge in [-0.05, 0) is 44.4 Å². The molecule has 0 saturated heterocycles. The van der Waals surface area contributed by atoms with Crippen molar-refractivity contribution in [3.63, 3.8) is 0 Å². The molecule has 0 heterocycles. The summed E-state index contributed by atoms with van der Waals surface area (Å²) in [5, 5.41) is 9.85. The molecule has 0 spiro atoms. The van der Waals surface area contributed by atoms with E-state index >= 15 is 0 Å². The maximum Gasteiger partial charge on any atom is 0.391 e. The third kappa shape index (κ3) is 4.84. The minimum absolute atomic E-state index is 0.0328. The molecular formula is C12H21F3O2. The Balaban J connectivity index is 2.26. The summed E-state index contributed by atoms with van der Waals surface area (Å²) in [5.74, 6) is -1.13. The van der Waals surface area contributed by atoms with E-state index in [9.17, 15) is 18.3 Å². The largest absolute Gasteiger partial charge is 0.393 e. The van der Waals surface area contributed by atoms with E-state index in [1.54, 1.807) is 7.11 Å². The van der Waals surface area contributed by atoms with Crippen molar-refractivity contribution in [3.8, 4) is 0 Å². The van der Waals surface area contributed by atoms with Gasteiger partial charge in [0, 0.05) is 13.7 Å². The maximum absolute atomic E-state index is 12.4. The molecule has 0 aromatic heterocycles. The van der Waals surface area contributed by atoms with Gasteiger partial charge in [-0.25, -0.2) is 0 Å². The van der Waals surface area contributed by atoms with Gasteiger partial charge in [-0.3, -0.25) is 0 Å². The number of aliphatic hydroxyl groups excluding tert-OH is 1. The lowest BCUT2D eigenvalue weighted by Gasteiger charge is -2.32. The number of methoxy groups -OCH3 is 1. The summed E-state index contributed by atoms with van der Waals surface area (Å²) < 4.78 is 42.2. The van der Waals surface area contributed by atoms with Crippen LogP contribution in [0.25, 0.3) is 0 Å². The smallest absolute Gasteiger partial charge is 0.391 e. The quantitative estimate of drug-likeness (QED) is 0.764. The highest BCUT2D eigenvalue weighted by Gasteiger charge is 2.42. The number of rotatable bonds is 5. The number of halogens is 3. The standard InChI is InChI=1S/C12H21F3O2/c1-17-8-2-3-11(16)9-4-6-10(7-5-9)12(13,14)15/h9-11,16H,2-8H2,1H3. The fourth-order valence-electron chi connectivity index (χ4n) is 2.50. The molecule has 0 aromatic rings. The van der Waals surface area contributed by atoms with Gasteiger partial charge in [0.15, 0.2) is 0 Å². The molecule has 1 unspecified atom stereocenters. The molecule has 5 heteroatoms. The molecule has 1 rings (SSSR count).